The predicted molar refractivity (Wildman–Crippen MR) is 53.8 cm³/mol. The molecule has 0 saturated carbocycles. The van der Waals surface area contributed by atoms with Crippen molar-refractivity contribution in [3.05, 3.63) is 36.4 Å². The minimum Gasteiger partial charge on any atom is -0.504 e. The average Bonchev–Trinajstić information content (AvgIpc) is 2.16. The van der Waals surface area contributed by atoms with Crippen molar-refractivity contribution in [3.8, 4) is 11.5 Å². The lowest BCUT2D eigenvalue weighted by molar-refractivity contribution is 0.101. The van der Waals surface area contributed by atoms with Crippen LogP contribution in [0.25, 0.3) is 0 Å². The Kier molecular flexibility index (Phi) is 3.29. The van der Waals surface area contributed by atoms with E-state index in [-0.39, 0.29) is 11.5 Å². The molecule has 0 atom stereocenters. The molecular formula is C11H12O3. The summed E-state index contributed by atoms with van der Waals surface area (Å²) < 4.78 is 5.16. The standard InChI is InChI=1S/C11H12O3/c1-3-6-14-11-7-9(8(2)12)4-5-10(11)13/h3-5,7,13H,1,6H2,2H3. The first-order valence-corrected chi connectivity index (χ1v) is 4.23. The van der Waals surface area contributed by atoms with Crippen LogP contribution in [0, 0.1) is 0 Å². The average molecular weight is 192 g/mol. The van der Waals surface area contributed by atoms with Crippen molar-refractivity contribution >= 4 is 5.78 Å². The van der Waals surface area contributed by atoms with Gasteiger partial charge in [0.15, 0.2) is 17.3 Å². The molecule has 0 unspecified atom stereocenters. The smallest absolute Gasteiger partial charge is 0.162 e. The van der Waals surface area contributed by atoms with E-state index in [1.165, 1.54) is 19.1 Å². The molecule has 1 aromatic rings. The molecule has 0 radical (unpaired) electrons. The van der Waals surface area contributed by atoms with Crippen molar-refractivity contribution < 1.29 is 14.6 Å². The molecule has 1 N–H and O–H groups in total. The molecule has 0 spiro atoms. The van der Waals surface area contributed by atoms with E-state index in [0.717, 1.165) is 0 Å². The lowest BCUT2D eigenvalue weighted by Gasteiger charge is -2.06. The maximum absolute atomic E-state index is 11.0. The van der Waals surface area contributed by atoms with Gasteiger partial charge in [-0.15, -0.1) is 0 Å². The van der Waals surface area contributed by atoms with Gasteiger partial charge >= 0.3 is 0 Å². The highest BCUT2D eigenvalue weighted by Gasteiger charge is 2.05. The summed E-state index contributed by atoms with van der Waals surface area (Å²) in [5.74, 6) is 0.267. The third-order valence-corrected chi connectivity index (χ3v) is 1.72. The Balaban J connectivity index is 2.95. The highest BCUT2D eigenvalue weighted by Crippen LogP contribution is 2.26. The summed E-state index contributed by atoms with van der Waals surface area (Å²) in [7, 11) is 0. The molecule has 14 heavy (non-hydrogen) atoms. The van der Waals surface area contributed by atoms with Crippen molar-refractivity contribution in [2.75, 3.05) is 6.61 Å². The number of benzene rings is 1. The minimum atomic E-state index is -0.0616. The van der Waals surface area contributed by atoms with E-state index < -0.39 is 0 Å². The van der Waals surface area contributed by atoms with E-state index >= 15 is 0 Å². The fraction of sp³-hybridized carbons (Fsp3) is 0.182. The SMILES string of the molecule is C=CCOc1cc(C(C)=O)ccc1O. The van der Waals surface area contributed by atoms with Crippen LogP contribution in [0.1, 0.15) is 17.3 Å². The second-order valence-corrected chi connectivity index (χ2v) is 2.84. The summed E-state index contributed by atoms with van der Waals surface area (Å²) >= 11 is 0. The molecule has 0 heterocycles. The van der Waals surface area contributed by atoms with Gasteiger partial charge in [-0.3, -0.25) is 4.79 Å². The number of phenols is 1. The fourth-order valence-corrected chi connectivity index (χ4v) is 0.997. The third kappa shape index (κ3) is 2.36. The topological polar surface area (TPSA) is 46.5 Å². The van der Waals surface area contributed by atoms with Gasteiger partial charge in [-0.1, -0.05) is 12.7 Å². The van der Waals surface area contributed by atoms with Crippen molar-refractivity contribution in [2.45, 2.75) is 6.92 Å². The van der Waals surface area contributed by atoms with Gasteiger partial charge in [0, 0.05) is 5.56 Å². The van der Waals surface area contributed by atoms with Crippen LogP contribution in [0.4, 0.5) is 0 Å². The number of hydrogen-bond donors (Lipinski definition) is 1. The minimum absolute atomic E-state index is 0.0249. The molecule has 3 heteroatoms. The Bertz CT molecular complexity index is 356. The largest absolute Gasteiger partial charge is 0.504 e. The molecule has 0 aliphatic heterocycles. The van der Waals surface area contributed by atoms with E-state index in [2.05, 4.69) is 6.58 Å². The van der Waals surface area contributed by atoms with Gasteiger partial charge in [-0.05, 0) is 25.1 Å². The Labute approximate surface area is 82.6 Å². The Morgan fingerprint density at radius 2 is 2.36 bits per heavy atom. The number of ether oxygens (including phenoxy) is 1. The van der Waals surface area contributed by atoms with E-state index in [9.17, 15) is 9.90 Å². The summed E-state index contributed by atoms with van der Waals surface area (Å²) in [5, 5.41) is 9.37. The van der Waals surface area contributed by atoms with Gasteiger partial charge in [0.05, 0.1) is 0 Å². The number of rotatable bonds is 4. The molecule has 1 aromatic carbocycles. The van der Waals surface area contributed by atoms with E-state index in [1.54, 1.807) is 12.1 Å². The van der Waals surface area contributed by atoms with Crippen LogP contribution in [0.15, 0.2) is 30.9 Å². The van der Waals surface area contributed by atoms with Gasteiger partial charge in [-0.25, -0.2) is 0 Å². The number of Topliss-reactive ketones (excluding diaryl/α,β-unsaturated/α-hetero) is 1. The fourth-order valence-electron chi connectivity index (χ4n) is 0.997. The van der Waals surface area contributed by atoms with Crippen LogP contribution in [0.3, 0.4) is 0 Å². The first-order chi connectivity index (χ1) is 6.65. The number of hydrogen-bond acceptors (Lipinski definition) is 3. The molecule has 0 amide bonds. The molecule has 0 bridgehead atoms. The van der Waals surface area contributed by atoms with Crippen LogP contribution in [0.5, 0.6) is 11.5 Å². The van der Waals surface area contributed by atoms with Gasteiger partial charge in [0.2, 0.25) is 0 Å². The molecule has 1 rings (SSSR count). The molecule has 74 valence electrons. The van der Waals surface area contributed by atoms with Crippen LogP contribution in [-0.4, -0.2) is 17.5 Å². The van der Waals surface area contributed by atoms with Crippen LogP contribution >= 0.6 is 0 Å². The Hall–Kier alpha value is -1.77. The normalized spacial score (nSPS) is 9.50. The number of phenolic OH excluding ortho intramolecular Hbond substituents is 1. The van der Waals surface area contributed by atoms with Gasteiger partial charge < -0.3 is 9.84 Å². The van der Waals surface area contributed by atoms with Crippen LogP contribution in [-0.2, 0) is 0 Å². The van der Waals surface area contributed by atoms with Gasteiger partial charge in [0.1, 0.15) is 6.61 Å². The Morgan fingerprint density at radius 3 is 2.93 bits per heavy atom. The summed E-state index contributed by atoms with van der Waals surface area (Å²) in [6, 6.07) is 4.51. The molecule has 0 aliphatic carbocycles. The number of ketones is 1. The first kappa shape index (κ1) is 10.3. The monoisotopic (exact) mass is 192 g/mol. The molecule has 0 aromatic heterocycles. The molecule has 0 saturated heterocycles. The zero-order valence-electron chi connectivity index (χ0n) is 7.99. The number of aromatic hydroxyl groups is 1. The zero-order valence-corrected chi connectivity index (χ0v) is 7.99. The zero-order chi connectivity index (χ0) is 10.6. The van der Waals surface area contributed by atoms with Crippen molar-refractivity contribution in [3.63, 3.8) is 0 Å². The second kappa shape index (κ2) is 4.46. The highest BCUT2D eigenvalue weighted by atomic mass is 16.5. The summed E-state index contributed by atoms with van der Waals surface area (Å²) in [6.45, 7) is 5.25. The molecular weight excluding hydrogens is 180 g/mol. The Morgan fingerprint density at radius 1 is 1.64 bits per heavy atom. The van der Waals surface area contributed by atoms with Crippen LogP contribution < -0.4 is 4.74 Å². The lowest BCUT2D eigenvalue weighted by atomic mass is 10.1. The molecule has 0 aliphatic rings. The first-order valence-electron chi connectivity index (χ1n) is 4.23. The third-order valence-electron chi connectivity index (χ3n) is 1.72. The summed E-state index contributed by atoms with van der Waals surface area (Å²) in [6.07, 6.45) is 1.57. The maximum Gasteiger partial charge on any atom is 0.162 e. The lowest BCUT2D eigenvalue weighted by Crippen LogP contribution is -1.96. The summed E-state index contributed by atoms with van der Waals surface area (Å²) in [5.41, 5.74) is 0.516. The quantitative estimate of drug-likeness (QED) is 0.587. The molecule has 3 nitrogen and oxygen atoms in total. The van der Waals surface area contributed by atoms with E-state index in [4.69, 9.17) is 4.74 Å². The number of carbonyl (C=O) groups excluding carboxylic acids is 1. The maximum atomic E-state index is 11.0. The molecule has 0 fully saturated rings. The van der Waals surface area contributed by atoms with E-state index in [1.807, 2.05) is 0 Å². The number of carbonyl (C=O) groups is 1. The summed E-state index contributed by atoms with van der Waals surface area (Å²) in [4.78, 5) is 11.0. The van der Waals surface area contributed by atoms with E-state index in [0.29, 0.717) is 17.9 Å². The van der Waals surface area contributed by atoms with Gasteiger partial charge in [0.25, 0.3) is 0 Å². The van der Waals surface area contributed by atoms with Crippen LogP contribution in [0.2, 0.25) is 0 Å². The van der Waals surface area contributed by atoms with Crippen molar-refractivity contribution in [1.29, 1.82) is 0 Å². The highest BCUT2D eigenvalue weighted by molar-refractivity contribution is 5.94. The predicted octanol–water partition coefficient (Wildman–Crippen LogP) is 2.16. The second-order valence-electron chi connectivity index (χ2n) is 2.84. The van der Waals surface area contributed by atoms with Crippen molar-refractivity contribution in [2.24, 2.45) is 0 Å². The van der Waals surface area contributed by atoms with Crippen molar-refractivity contribution in [1.82, 2.24) is 0 Å². The van der Waals surface area contributed by atoms with Gasteiger partial charge in [-0.2, -0.15) is 0 Å².